The lowest BCUT2D eigenvalue weighted by atomic mass is 10.0. The molecule has 0 radical (unpaired) electrons. The Labute approximate surface area is 103 Å². The first kappa shape index (κ1) is 12.1. The van der Waals surface area contributed by atoms with Gasteiger partial charge in [0, 0.05) is 24.7 Å². The Kier molecular flexibility index (Phi) is 3.48. The van der Waals surface area contributed by atoms with Crippen molar-refractivity contribution in [3.05, 3.63) is 34.9 Å². The molecule has 0 aromatic heterocycles. The van der Waals surface area contributed by atoms with Crippen LogP contribution in [0.3, 0.4) is 0 Å². The van der Waals surface area contributed by atoms with E-state index in [-0.39, 0.29) is 11.9 Å². The SMILES string of the molecule is Cc1cccc(C(=O)N2CCC(N)CC2)c1C. The minimum Gasteiger partial charge on any atom is -0.339 e. The molecule has 0 unspecified atom stereocenters. The van der Waals surface area contributed by atoms with Crippen LogP contribution in [-0.2, 0) is 0 Å². The van der Waals surface area contributed by atoms with Gasteiger partial charge in [0.25, 0.3) is 5.91 Å². The van der Waals surface area contributed by atoms with Crippen molar-refractivity contribution < 1.29 is 4.79 Å². The van der Waals surface area contributed by atoms with Gasteiger partial charge in [-0.05, 0) is 43.9 Å². The number of piperidine rings is 1. The fraction of sp³-hybridized carbons (Fsp3) is 0.500. The van der Waals surface area contributed by atoms with Crippen molar-refractivity contribution in [2.24, 2.45) is 5.73 Å². The smallest absolute Gasteiger partial charge is 0.254 e. The molecule has 1 aliphatic rings. The molecule has 92 valence electrons. The molecule has 0 saturated carbocycles. The molecule has 3 heteroatoms. The van der Waals surface area contributed by atoms with Crippen molar-refractivity contribution in [1.82, 2.24) is 4.90 Å². The first-order valence-electron chi connectivity index (χ1n) is 6.20. The zero-order valence-corrected chi connectivity index (χ0v) is 10.6. The summed E-state index contributed by atoms with van der Waals surface area (Å²) in [5.74, 6) is 0.151. The Morgan fingerprint density at radius 3 is 2.59 bits per heavy atom. The molecule has 0 aliphatic carbocycles. The standard InChI is InChI=1S/C14H20N2O/c1-10-4-3-5-13(11(10)2)14(17)16-8-6-12(15)7-9-16/h3-5,12H,6-9,15H2,1-2H3. The van der Waals surface area contributed by atoms with Crippen LogP contribution in [0.5, 0.6) is 0 Å². The lowest BCUT2D eigenvalue weighted by Crippen LogP contribution is -2.43. The molecule has 0 atom stereocenters. The number of hydrogen-bond acceptors (Lipinski definition) is 2. The third-order valence-electron chi connectivity index (χ3n) is 3.66. The van der Waals surface area contributed by atoms with E-state index in [0.717, 1.165) is 37.1 Å². The molecular weight excluding hydrogens is 212 g/mol. The van der Waals surface area contributed by atoms with Gasteiger partial charge in [-0.3, -0.25) is 4.79 Å². The Balaban J connectivity index is 2.17. The fourth-order valence-corrected chi connectivity index (χ4v) is 2.26. The first-order chi connectivity index (χ1) is 8.09. The minimum atomic E-state index is 0.151. The molecule has 3 nitrogen and oxygen atoms in total. The maximum atomic E-state index is 12.4. The second kappa shape index (κ2) is 4.88. The van der Waals surface area contributed by atoms with Gasteiger partial charge < -0.3 is 10.6 Å². The number of benzene rings is 1. The summed E-state index contributed by atoms with van der Waals surface area (Å²) in [5.41, 5.74) is 8.95. The van der Waals surface area contributed by atoms with Gasteiger partial charge >= 0.3 is 0 Å². The molecule has 2 N–H and O–H groups in total. The van der Waals surface area contributed by atoms with Crippen LogP contribution >= 0.6 is 0 Å². The van der Waals surface area contributed by atoms with Gasteiger partial charge in [-0.25, -0.2) is 0 Å². The number of likely N-dealkylation sites (tertiary alicyclic amines) is 1. The highest BCUT2D eigenvalue weighted by Crippen LogP contribution is 2.17. The van der Waals surface area contributed by atoms with Gasteiger partial charge in [0.15, 0.2) is 0 Å². The Bertz CT molecular complexity index is 420. The topological polar surface area (TPSA) is 46.3 Å². The van der Waals surface area contributed by atoms with E-state index in [0.29, 0.717) is 0 Å². The summed E-state index contributed by atoms with van der Waals surface area (Å²) in [6.45, 7) is 5.62. The summed E-state index contributed by atoms with van der Waals surface area (Å²) in [5, 5.41) is 0. The second-order valence-corrected chi connectivity index (χ2v) is 4.88. The summed E-state index contributed by atoms with van der Waals surface area (Å²) in [4.78, 5) is 14.3. The van der Waals surface area contributed by atoms with E-state index in [1.165, 1.54) is 5.56 Å². The molecule has 0 spiro atoms. The summed E-state index contributed by atoms with van der Waals surface area (Å²) >= 11 is 0. The maximum absolute atomic E-state index is 12.4. The first-order valence-corrected chi connectivity index (χ1v) is 6.20. The van der Waals surface area contributed by atoms with Crippen molar-refractivity contribution in [2.45, 2.75) is 32.7 Å². The van der Waals surface area contributed by atoms with Gasteiger partial charge in [0.05, 0.1) is 0 Å². The normalized spacial score (nSPS) is 17.2. The van der Waals surface area contributed by atoms with Crippen LogP contribution in [0.4, 0.5) is 0 Å². The summed E-state index contributed by atoms with van der Waals surface area (Å²) < 4.78 is 0. The van der Waals surface area contributed by atoms with Crippen LogP contribution in [0, 0.1) is 13.8 Å². The Hall–Kier alpha value is -1.35. The lowest BCUT2D eigenvalue weighted by Gasteiger charge is -2.30. The number of rotatable bonds is 1. The number of hydrogen-bond donors (Lipinski definition) is 1. The molecule has 1 saturated heterocycles. The summed E-state index contributed by atoms with van der Waals surface area (Å²) in [6.07, 6.45) is 1.83. The molecule has 1 heterocycles. The maximum Gasteiger partial charge on any atom is 0.254 e. The monoisotopic (exact) mass is 232 g/mol. The average molecular weight is 232 g/mol. The van der Waals surface area contributed by atoms with Crippen molar-refractivity contribution >= 4 is 5.91 Å². The Morgan fingerprint density at radius 1 is 1.29 bits per heavy atom. The van der Waals surface area contributed by atoms with Crippen molar-refractivity contribution in [1.29, 1.82) is 0 Å². The number of nitrogens with zero attached hydrogens (tertiary/aromatic N) is 1. The molecule has 1 aromatic rings. The van der Waals surface area contributed by atoms with E-state index in [1.54, 1.807) is 0 Å². The third-order valence-corrected chi connectivity index (χ3v) is 3.66. The number of carbonyl (C=O) groups excluding carboxylic acids is 1. The van der Waals surface area contributed by atoms with E-state index < -0.39 is 0 Å². The molecule has 0 bridgehead atoms. The lowest BCUT2D eigenvalue weighted by molar-refractivity contribution is 0.0714. The highest BCUT2D eigenvalue weighted by Gasteiger charge is 2.22. The zero-order chi connectivity index (χ0) is 12.4. The molecular formula is C14H20N2O. The van der Waals surface area contributed by atoms with Crippen LogP contribution in [0.25, 0.3) is 0 Å². The van der Waals surface area contributed by atoms with Gasteiger partial charge in [0.1, 0.15) is 0 Å². The van der Waals surface area contributed by atoms with Crippen LogP contribution in [0.1, 0.15) is 34.3 Å². The van der Waals surface area contributed by atoms with Crippen LogP contribution in [-0.4, -0.2) is 29.9 Å². The molecule has 1 aliphatic heterocycles. The Morgan fingerprint density at radius 2 is 1.94 bits per heavy atom. The average Bonchev–Trinajstić information content (AvgIpc) is 2.33. The van der Waals surface area contributed by atoms with Gasteiger partial charge in [-0.2, -0.15) is 0 Å². The number of aryl methyl sites for hydroxylation is 1. The zero-order valence-electron chi connectivity index (χ0n) is 10.6. The van der Waals surface area contributed by atoms with Crippen LogP contribution in [0.15, 0.2) is 18.2 Å². The van der Waals surface area contributed by atoms with Crippen LogP contribution < -0.4 is 5.73 Å². The number of amides is 1. The van der Waals surface area contributed by atoms with E-state index in [4.69, 9.17) is 5.73 Å². The van der Waals surface area contributed by atoms with E-state index in [1.807, 2.05) is 36.9 Å². The highest BCUT2D eigenvalue weighted by atomic mass is 16.2. The van der Waals surface area contributed by atoms with Crippen LogP contribution in [0.2, 0.25) is 0 Å². The molecule has 1 aromatic carbocycles. The fourth-order valence-electron chi connectivity index (χ4n) is 2.26. The second-order valence-electron chi connectivity index (χ2n) is 4.88. The quantitative estimate of drug-likeness (QED) is 0.803. The van der Waals surface area contributed by atoms with Crippen molar-refractivity contribution in [2.75, 3.05) is 13.1 Å². The molecule has 1 fully saturated rings. The van der Waals surface area contributed by atoms with E-state index >= 15 is 0 Å². The van der Waals surface area contributed by atoms with E-state index in [2.05, 4.69) is 0 Å². The van der Waals surface area contributed by atoms with Crippen molar-refractivity contribution in [3.8, 4) is 0 Å². The van der Waals surface area contributed by atoms with Gasteiger partial charge in [-0.15, -0.1) is 0 Å². The number of carbonyl (C=O) groups is 1. The van der Waals surface area contributed by atoms with E-state index in [9.17, 15) is 4.79 Å². The number of nitrogens with two attached hydrogens (primary N) is 1. The summed E-state index contributed by atoms with van der Waals surface area (Å²) in [7, 11) is 0. The predicted molar refractivity (Wildman–Crippen MR) is 69.0 cm³/mol. The van der Waals surface area contributed by atoms with Gasteiger partial charge in [0.2, 0.25) is 0 Å². The molecule has 1 amide bonds. The highest BCUT2D eigenvalue weighted by molar-refractivity contribution is 5.96. The van der Waals surface area contributed by atoms with Gasteiger partial charge in [-0.1, -0.05) is 12.1 Å². The minimum absolute atomic E-state index is 0.151. The largest absolute Gasteiger partial charge is 0.339 e. The third kappa shape index (κ3) is 2.50. The van der Waals surface area contributed by atoms with Crippen molar-refractivity contribution in [3.63, 3.8) is 0 Å². The molecule has 2 rings (SSSR count). The molecule has 17 heavy (non-hydrogen) atoms. The predicted octanol–water partition coefficient (Wildman–Crippen LogP) is 1.87. The summed E-state index contributed by atoms with van der Waals surface area (Å²) in [6, 6.07) is 6.17.